The van der Waals surface area contributed by atoms with Gasteiger partial charge >= 0.3 is 0 Å². The monoisotopic (exact) mass is 349 g/mol. The van der Waals surface area contributed by atoms with E-state index in [1.807, 2.05) is 0 Å². The third-order valence-electron chi connectivity index (χ3n) is 5.51. The molecule has 136 valence electrons. The Balaban J connectivity index is 1.52. The average Bonchev–Trinajstić information content (AvgIpc) is 3.06. The van der Waals surface area contributed by atoms with Gasteiger partial charge in [0.2, 0.25) is 0 Å². The van der Waals surface area contributed by atoms with E-state index in [1.54, 1.807) is 0 Å². The van der Waals surface area contributed by atoms with Crippen molar-refractivity contribution in [1.29, 1.82) is 0 Å². The number of nitrogens with zero attached hydrogens (tertiary/aromatic N) is 3. The summed E-state index contributed by atoms with van der Waals surface area (Å²) >= 11 is 0. The molecule has 0 aliphatic carbocycles. The quantitative estimate of drug-likeness (QED) is 0.769. The summed E-state index contributed by atoms with van der Waals surface area (Å²) in [6, 6.07) is 19.8. The van der Waals surface area contributed by atoms with Gasteiger partial charge in [-0.3, -0.25) is 9.80 Å². The van der Waals surface area contributed by atoms with Crippen LogP contribution in [0.4, 0.5) is 0 Å². The molecule has 2 aromatic carbocycles. The fraction of sp³-hybridized carbons (Fsp3) is 0.364. The van der Waals surface area contributed by atoms with E-state index < -0.39 is 0 Å². The van der Waals surface area contributed by atoms with E-state index in [1.165, 1.54) is 22.0 Å². The van der Waals surface area contributed by atoms with Crippen LogP contribution in [0.25, 0.3) is 10.9 Å². The Labute approximate surface area is 155 Å². The highest BCUT2D eigenvalue weighted by atomic mass is 16.3. The van der Waals surface area contributed by atoms with Crippen LogP contribution in [-0.4, -0.2) is 58.8 Å². The number of aliphatic hydroxyl groups excluding tert-OH is 1. The summed E-state index contributed by atoms with van der Waals surface area (Å²) < 4.78 is 2.33. The Kier molecular flexibility index (Phi) is 5.07. The molecule has 0 saturated carbocycles. The molecule has 0 radical (unpaired) electrons. The minimum absolute atomic E-state index is 0.228. The predicted molar refractivity (Wildman–Crippen MR) is 106 cm³/mol. The van der Waals surface area contributed by atoms with E-state index >= 15 is 0 Å². The highest BCUT2D eigenvalue weighted by molar-refractivity contribution is 5.81. The number of piperazine rings is 1. The Morgan fingerprint density at radius 2 is 1.81 bits per heavy atom. The zero-order valence-electron chi connectivity index (χ0n) is 15.4. The van der Waals surface area contributed by atoms with Gasteiger partial charge in [-0.05, 0) is 35.7 Å². The molecular weight excluding hydrogens is 322 g/mol. The van der Waals surface area contributed by atoms with Crippen LogP contribution >= 0.6 is 0 Å². The smallest absolute Gasteiger partial charge is 0.0599 e. The number of benzene rings is 2. The molecule has 1 fully saturated rings. The number of hydrogen-bond donors (Lipinski definition) is 1. The maximum Gasteiger partial charge on any atom is 0.0599 e. The molecule has 1 unspecified atom stereocenters. The fourth-order valence-electron chi connectivity index (χ4n) is 3.86. The van der Waals surface area contributed by atoms with Crippen LogP contribution in [0.3, 0.4) is 0 Å². The molecule has 3 aromatic rings. The Hall–Kier alpha value is -2.14. The van der Waals surface area contributed by atoms with Gasteiger partial charge in [-0.2, -0.15) is 0 Å². The first kappa shape index (κ1) is 17.3. The maximum absolute atomic E-state index is 9.56. The van der Waals surface area contributed by atoms with Gasteiger partial charge < -0.3 is 9.67 Å². The van der Waals surface area contributed by atoms with Crippen molar-refractivity contribution in [3.8, 4) is 0 Å². The second-order valence-corrected chi connectivity index (χ2v) is 7.37. The van der Waals surface area contributed by atoms with Crippen molar-refractivity contribution < 1.29 is 5.11 Å². The van der Waals surface area contributed by atoms with E-state index in [9.17, 15) is 5.11 Å². The Morgan fingerprint density at radius 1 is 0.962 bits per heavy atom. The van der Waals surface area contributed by atoms with Gasteiger partial charge in [0.25, 0.3) is 0 Å². The SMILES string of the molecule is CN1CCN(Cc2ccc3ccn(Cc4ccccc4)c3c2)CC1CO. The number of aromatic nitrogens is 1. The Morgan fingerprint density at radius 3 is 2.62 bits per heavy atom. The second-order valence-electron chi connectivity index (χ2n) is 7.37. The number of rotatable bonds is 5. The summed E-state index contributed by atoms with van der Waals surface area (Å²) in [7, 11) is 2.10. The van der Waals surface area contributed by atoms with Gasteiger partial charge in [0.15, 0.2) is 0 Å². The zero-order valence-corrected chi connectivity index (χ0v) is 15.4. The highest BCUT2D eigenvalue weighted by Gasteiger charge is 2.23. The average molecular weight is 349 g/mol. The predicted octanol–water partition coefficient (Wildman–Crippen LogP) is 2.80. The molecule has 4 heteroatoms. The van der Waals surface area contributed by atoms with Gasteiger partial charge in [-0.15, -0.1) is 0 Å². The van der Waals surface area contributed by atoms with Crippen molar-refractivity contribution in [1.82, 2.24) is 14.4 Å². The van der Waals surface area contributed by atoms with E-state index in [0.29, 0.717) is 0 Å². The van der Waals surface area contributed by atoms with Crippen molar-refractivity contribution in [2.75, 3.05) is 33.3 Å². The third-order valence-corrected chi connectivity index (χ3v) is 5.51. The van der Waals surface area contributed by atoms with Gasteiger partial charge in [0.1, 0.15) is 0 Å². The third kappa shape index (κ3) is 3.68. The molecular formula is C22H27N3O. The molecule has 1 atom stereocenters. The molecule has 1 saturated heterocycles. The first-order chi connectivity index (χ1) is 12.7. The number of hydrogen-bond acceptors (Lipinski definition) is 3. The highest BCUT2D eigenvalue weighted by Crippen LogP contribution is 2.21. The molecule has 0 amide bonds. The molecule has 4 rings (SSSR count). The van der Waals surface area contributed by atoms with Crippen LogP contribution in [-0.2, 0) is 13.1 Å². The van der Waals surface area contributed by atoms with Crippen LogP contribution in [0, 0.1) is 0 Å². The van der Waals surface area contributed by atoms with Gasteiger partial charge in [0, 0.05) is 50.5 Å². The summed E-state index contributed by atoms with van der Waals surface area (Å²) in [6.07, 6.45) is 2.18. The minimum atomic E-state index is 0.228. The van der Waals surface area contributed by atoms with E-state index in [4.69, 9.17) is 0 Å². The lowest BCUT2D eigenvalue weighted by atomic mass is 10.1. The van der Waals surface area contributed by atoms with Crippen molar-refractivity contribution in [3.63, 3.8) is 0 Å². The molecule has 1 aliphatic rings. The van der Waals surface area contributed by atoms with Crippen molar-refractivity contribution in [3.05, 3.63) is 71.9 Å². The fourth-order valence-corrected chi connectivity index (χ4v) is 3.86. The first-order valence-corrected chi connectivity index (χ1v) is 9.38. The summed E-state index contributed by atoms with van der Waals surface area (Å²) in [4.78, 5) is 4.71. The van der Waals surface area contributed by atoms with Crippen LogP contribution in [0.5, 0.6) is 0 Å². The normalized spacial score (nSPS) is 19.2. The van der Waals surface area contributed by atoms with E-state index in [-0.39, 0.29) is 12.6 Å². The van der Waals surface area contributed by atoms with Crippen molar-refractivity contribution in [2.45, 2.75) is 19.1 Å². The van der Waals surface area contributed by atoms with Crippen LogP contribution in [0.2, 0.25) is 0 Å². The number of fused-ring (bicyclic) bond motifs is 1. The van der Waals surface area contributed by atoms with Crippen LogP contribution in [0.15, 0.2) is 60.8 Å². The largest absolute Gasteiger partial charge is 0.395 e. The molecule has 2 heterocycles. The van der Waals surface area contributed by atoms with E-state index in [2.05, 4.69) is 82.2 Å². The van der Waals surface area contributed by atoms with Crippen molar-refractivity contribution >= 4 is 10.9 Å². The van der Waals surface area contributed by atoms with E-state index in [0.717, 1.165) is 32.7 Å². The first-order valence-electron chi connectivity index (χ1n) is 9.38. The zero-order chi connectivity index (χ0) is 17.9. The van der Waals surface area contributed by atoms with Gasteiger partial charge in [-0.25, -0.2) is 0 Å². The molecule has 1 aliphatic heterocycles. The number of aliphatic hydroxyl groups is 1. The van der Waals surface area contributed by atoms with Crippen LogP contribution < -0.4 is 0 Å². The Bertz CT molecular complexity index is 858. The maximum atomic E-state index is 9.56. The molecule has 0 bridgehead atoms. The summed E-state index contributed by atoms with van der Waals surface area (Å²) in [6.45, 7) is 5.06. The lowest BCUT2D eigenvalue weighted by molar-refractivity contribution is 0.0540. The standard InChI is InChI=1S/C22H27N3O/c1-23-11-12-24(16-21(23)17-26)14-19-7-8-20-9-10-25(22(20)13-19)15-18-5-3-2-4-6-18/h2-10,13,21,26H,11-12,14-17H2,1H3. The second kappa shape index (κ2) is 7.62. The van der Waals surface area contributed by atoms with Crippen LogP contribution in [0.1, 0.15) is 11.1 Å². The molecule has 0 spiro atoms. The molecule has 26 heavy (non-hydrogen) atoms. The lowest BCUT2D eigenvalue weighted by Crippen LogP contribution is -2.52. The topological polar surface area (TPSA) is 31.6 Å². The lowest BCUT2D eigenvalue weighted by Gasteiger charge is -2.38. The van der Waals surface area contributed by atoms with Gasteiger partial charge in [-0.1, -0.05) is 42.5 Å². The summed E-state index contributed by atoms with van der Waals surface area (Å²) in [5, 5.41) is 10.9. The summed E-state index contributed by atoms with van der Waals surface area (Å²) in [5.41, 5.74) is 3.95. The van der Waals surface area contributed by atoms with Gasteiger partial charge in [0.05, 0.1) is 6.61 Å². The number of likely N-dealkylation sites (N-methyl/N-ethyl adjacent to an activating group) is 1. The molecule has 1 aromatic heterocycles. The molecule has 4 nitrogen and oxygen atoms in total. The molecule has 1 N–H and O–H groups in total. The minimum Gasteiger partial charge on any atom is -0.395 e. The summed E-state index contributed by atoms with van der Waals surface area (Å²) in [5.74, 6) is 0. The van der Waals surface area contributed by atoms with Crippen molar-refractivity contribution in [2.24, 2.45) is 0 Å².